The lowest BCUT2D eigenvalue weighted by atomic mass is 10.1. The van der Waals surface area contributed by atoms with Gasteiger partial charge in [-0.05, 0) is 30.8 Å². The van der Waals surface area contributed by atoms with Crippen LogP contribution in [0.4, 0.5) is 9.18 Å². The molecule has 6 nitrogen and oxygen atoms in total. The Morgan fingerprint density at radius 3 is 2.80 bits per heavy atom. The summed E-state index contributed by atoms with van der Waals surface area (Å²) in [5.74, 6) is -0.557. The molecule has 1 aliphatic rings. The standard InChI is InChI=1S/C17H10FN3O3S/c1-8-2-9(6-20-15(8)18)12-7-19-5-10-3-11(24-14(10)12)4-13-16(22)21-17(23)25-13/h2-7H,1H3,(H,21,22,23)/b13-4+. The van der Waals surface area contributed by atoms with Crippen LogP contribution >= 0.6 is 11.8 Å². The Balaban J connectivity index is 1.81. The summed E-state index contributed by atoms with van der Waals surface area (Å²) in [6, 6.07) is 3.39. The topological polar surface area (TPSA) is 85.1 Å². The first-order valence-electron chi connectivity index (χ1n) is 7.26. The summed E-state index contributed by atoms with van der Waals surface area (Å²) in [5, 5.41) is 2.50. The molecule has 3 aromatic heterocycles. The number of hydrogen-bond acceptors (Lipinski definition) is 6. The zero-order valence-electron chi connectivity index (χ0n) is 12.9. The molecule has 124 valence electrons. The van der Waals surface area contributed by atoms with Gasteiger partial charge in [-0.3, -0.25) is 19.9 Å². The monoisotopic (exact) mass is 355 g/mol. The number of pyridine rings is 2. The van der Waals surface area contributed by atoms with Gasteiger partial charge in [0, 0.05) is 46.7 Å². The molecule has 25 heavy (non-hydrogen) atoms. The first-order chi connectivity index (χ1) is 12.0. The molecule has 1 N–H and O–H groups in total. The molecule has 4 heterocycles. The maximum Gasteiger partial charge on any atom is 0.290 e. The van der Waals surface area contributed by atoms with E-state index in [2.05, 4.69) is 15.3 Å². The Morgan fingerprint density at radius 1 is 1.24 bits per heavy atom. The van der Waals surface area contributed by atoms with E-state index < -0.39 is 17.1 Å². The Hall–Kier alpha value is -3.00. The molecule has 1 aliphatic heterocycles. The SMILES string of the molecule is Cc1cc(-c2cncc3cc(/C=C4/SC(=O)NC4=O)oc23)cnc1F. The Morgan fingerprint density at radius 2 is 2.08 bits per heavy atom. The molecule has 3 aromatic rings. The van der Waals surface area contributed by atoms with E-state index in [4.69, 9.17) is 4.42 Å². The number of carbonyl (C=O) groups is 2. The van der Waals surface area contributed by atoms with Crippen LogP contribution < -0.4 is 5.32 Å². The second-order valence-electron chi connectivity index (χ2n) is 5.44. The van der Waals surface area contributed by atoms with Crippen LogP contribution in [0.25, 0.3) is 28.2 Å². The molecule has 8 heteroatoms. The third kappa shape index (κ3) is 2.80. The average Bonchev–Trinajstić information content (AvgIpc) is 3.12. The van der Waals surface area contributed by atoms with Gasteiger partial charge in [-0.2, -0.15) is 4.39 Å². The molecule has 0 saturated carbocycles. The van der Waals surface area contributed by atoms with Gasteiger partial charge in [0.1, 0.15) is 11.3 Å². The molecule has 1 saturated heterocycles. The highest BCUT2D eigenvalue weighted by Crippen LogP contribution is 2.32. The highest BCUT2D eigenvalue weighted by atomic mass is 32.2. The predicted octanol–water partition coefficient (Wildman–Crippen LogP) is 3.66. The smallest absolute Gasteiger partial charge is 0.290 e. The highest BCUT2D eigenvalue weighted by molar-refractivity contribution is 8.18. The van der Waals surface area contributed by atoms with Crippen molar-refractivity contribution in [3.05, 3.63) is 52.9 Å². The van der Waals surface area contributed by atoms with Gasteiger partial charge in [0.05, 0.1) is 4.91 Å². The van der Waals surface area contributed by atoms with Crippen molar-refractivity contribution in [1.29, 1.82) is 0 Å². The first-order valence-corrected chi connectivity index (χ1v) is 8.08. The Labute approximate surface area is 145 Å². The summed E-state index contributed by atoms with van der Waals surface area (Å²) >= 11 is 0.817. The minimum Gasteiger partial charge on any atom is -0.456 e. The third-order valence-electron chi connectivity index (χ3n) is 3.68. The van der Waals surface area contributed by atoms with Crippen LogP contribution in [-0.2, 0) is 4.79 Å². The minimum absolute atomic E-state index is 0.262. The van der Waals surface area contributed by atoms with Gasteiger partial charge in [-0.25, -0.2) is 4.98 Å². The number of thioether (sulfide) groups is 1. The molecule has 0 radical (unpaired) electrons. The second-order valence-corrected chi connectivity index (χ2v) is 6.45. The molecular formula is C17H10FN3O3S. The fraction of sp³-hybridized carbons (Fsp3) is 0.0588. The van der Waals surface area contributed by atoms with E-state index in [1.165, 1.54) is 12.3 Å². The molecule has 0 aliphatic carbocycles. The van der Waals surface area contributed by atoms with E-state index in [9.17, 15) is 14.0 Å². The Kier molecular flexibility index (Phi) is 3.61. The molecule has 0 bridgehead atoms. The molecule has 0 atom stereocenters. The number of carbonyl (C=O) groups excluding carboxylic acids is 2. The number of nitrogens with one attached hydrogen (secondary N) is 1. The lowest BCUT2D eigenvalue weighted by Gasteiger charge is -2.03. The summed E-state index contributed by atoms with van der Waals surface area (Å²) < 4.78 is 19.2. The number of imide groups is 1. The Bertz CT molecular complexity index is 1070. The largest absolute Gasteiger partial charge is 0.456 e. The van der Waals surface area contributed by atoms with Crippen molar-refractivity contribution in [3.8, 4) is 11.1 Å². The van der Waals surface area contributed by atoms with E-state index in [0.717, 1.165) is 17.1 Å². The number of furan rings is 1. The normalized spacial score (nSPS) is 16.0. The fourth-order valence-corrected chi connectivity index (χ4v) is 3.18. The van der Waals surface area contributed by atoms with E-state index in [-0.39, 0.29) is 4.91 Å². The summed E-state index contributed by atoms with van der Waals surface area (Å²) in [6.07, 6.45) is 6.15. The molecule has 0 spiro atoms. The van der Waals surface area contributed by atoms with Crippen molar-refractivity contribution in [2.45, 2.75) is 6.92 Å². The molecule has 2 amide bonds. The minimum atomic E-state index is -0.525. The maximum absolute atomic E-state index is 13.4. The lowest BCUT2D eigenvalue weighted by Crippen LogP contribution is -2.17. The summed E-state index contributed by atoms with van der Waals surface area (Å²) in [7, 11) is 0. The number of hydrogen-bond donors (Lipinski definition) is 1. The molecule has 4 rings (SSSR count). The van der Waals surface area contributed by atoms with Gasteiger partial charge in [0.15, 0.2) is 0 Å². The zero-order chi connectivity index (χ0) is 17.6. The van der Waals surface area contributed by atoms with Gasteiger partial charge < -0.3 is 4.42 Å². The number of aromatic nitrogens is 2. The fourth-order valence-electron chi connectivity index (χ4n) is 2.51. The van der Waals surface area contributed by atoms with Gasteiger partial charge in [-0.1, -0.05) is 0 Å². The van der Waals surface area contributed by atoms with Crippen LogP contribution in [0.1, 0.15) is 11.3 Å². The van der Waals surface area contributed by atoms with Crippen molar-refractivity contribution in [1.82, 2.24) is 15.3 Å². The summed E-state index contributed by atoms with van der Waals surface area (Å²) in [6.45, 7) is 1.63. The van der Waals surface area contributed by atoms with Gasteiger partial charge in [-0.15, -0.1) is 0 Å². The van der Waals surface area contributed by atoms with Crippen LogP contribution in [0.2, 0.25) is 0 Å². The van der Waals surface area contributed by atoms with E-state index in [1.807, 2.05) is 0 Å². The van der Waals surface area contributed by atoms with E-state index >= 15 is 0 Å². The van der Waals surface area contributed by atoms with Crippen LogP contribution in [0.15, 0.2) is 40.0 Å². The molecule has 0 aromatic carbocycles. The summed E-state index contributed by atoms with van der Waals surface area (Å²) in [5.41, 5.74) is 2.30. The van der Waals surface area contributed by atoms with Gasteiger partial charge >= 0.3 is 0 Å². The molecule has 0 unspecified atom stereocenters. The number of amides is 2. The number of rotatable bonds is 2. The number of aryl methyl sites for hydroxylation is 1. The van der Waals surface area contributed by atoms with Crippen LogP contribution in [-0.4, -0.2) is 21.1 Å². The zero-order valence-corrected chi connectivity index (χ0v) is 13.7. The van der Waals surface area contributed by atoms with Crippen molar-refractivity contribution in [3.63, 3.8) is 0 Å². The number of halogens is 1. The lowest BCUT2D eigenvalue weighted by molar-refractivity contribution is -0.115. The summed E-state index contributed by atoms with van der Waals surface area (Å²) in [4.78, 5) is 31.0. The van der Waals surface area contributed by atoms with Crippen LogP contribution in [0.5, 0.6) is 0 Å². The van der Waals surface area contributed by atoms with Crippen molar-refractivity contribution < 1.29 is 18.4 Å². The molecular weight excluding hydrogens is 345 g/mol. The number of fused-ring (bicyclic) bond motifs is 1. The van der Waals surface area contributed by atoms with Crippen molar-refractivity contribution >= 4 is 40.0 Å². The third-order valence-corrected chi connectivity index (χ3v) is 4.49. The average molecular weight is 355 g/mol. The quantitative estimate of drug-likeness (QED) is 0.558. The number of nitrogens with zero attached hydrogens (tertiary/aromatic N) is 2. The van der Waals surface area contributed by atoms with Gasteiger partial charge in [0.25, 0.3) is 11.1 Å². The van der Waals surface area contributed by atoms with Gasteiger partial charge in [0.2, 0.25) is 5.95 Å². The highest BCUT2D eigenvalue weighted by Gasteiger charge is 2.25. The second kappa shape index (κ2) is 5.82. The first kappa shape index (κ1) is 15.5. The van der Waals surface area contributed by atoms with Crippen molar-refractivity contribution in [2.75, 3.05) is 0 Å². The maximum atomic E-state index is 13.4. The predicted molar refractivity (Wildman–Crippen MR) is 91.0 cm³/mol. The van der Waals surface area contributed by atoms with Crippen LogP contribution in [0.3, 0.4) is 0 Å². The van der Waals surface area contributed by atoms with Crippen LogP contribution in [0, 0.1) is 12.9 Å². The van der Waals surface area contributed by atoms with E-state index in [1.54, 1.807) is 31.5 Å². The molecule has 1 fully saturated rings. The van der Waals surface area contributed by atoms with E-state index in [0.29, 0.717) is 28.0 Å². The van der Waals surface area contributed by atoms with Crippen molar-refractivity contribution in [2.24, 2.45) is 0 Å².